The van der Waals surface area contributed by atoms with Gasteiger partial charge in [-0.2, -0.15) is 0 Å². The Morgan fingerprint density at radius 3 is 1.01 bits per heavy atom. The highest BCUT2D eigenvalue weighted by molar-refractivity contribution is 6.31. The molecule has 0 heterocycles. The van der Waals surface area contributed by atoms with Gasteiger partial charge in [0.15, 0.2) is 0 Å². The van der Waals surface area contributed by atoms with Gasteiger partial charge in [0.25, 0.3) is 17.7 Å². The standard InChI is InChI=1S/C30H28ClFN2O2.C29H29ClN2O.C28H24ClFN2O2.C28H25FN2O2/c1-34(30(36)25-12-11-24-20-27(32)16-13-23(24)19-25)28(18-22-9-14-26(31)15-10-22)29(35)33-17-5-8-21-6-3-2-4-7-21;30-27-16-13-23(14-17-27)20-28(29(33)31-18-6-9-22-7-2-1-3-8-22)32-21-24-12-15-25-10-4-5-11-26(25)19-24;29-24-13-10-20(11-14-24)26(28(34)31-16-4-7-19-5-2-1-3-6-19)32-27(33)23-9-8-22-18-25(30)15-12-21(22)17-23;29-25-16-15-22-18-24(14-13-23(22)19-25)27(32)31-26(21-11-5-2-6-12-21)28(33)30-17-7-10-20-8-3-1-4-9-20/h2-4,6-7,9-16,19-20,28H,5,8,17-18H2,1H3,(H,33,35);1-5,7-8,10-17,19,28,32H,6,9,18,20-21H2,(H,31,33);1-3,5-6,8-15,17-18,26H,4,7,16H2,(H,31,34)(H,32,33);1-6,8-9,11-16,18-19,26H,7,10,17H2,(H,30,33)(H,31,32)/t2*28-;2*26-/m0000/s1. The first-order valence-electron chi connectivity index (χ1n) is 45.4. The molecule has 7 amide bonds. The summed E-state index contributed by atoms with van der Waals surface area (Å²) in [6.07, 6.45) is 7.75. The highest BCUT2D eigenvalue weighted by Crippen LogP contribution is 2.27. The smallest absolute Gasteiger partial charge is 0.254 e. The molecule has 16 rings (SSSR count). The van der Waals surface area contributed by atoms with Crippen LogP contribution in [0.5, 0.6) is 0 Å². The number of fused-ring (bicyclic) bond motifs is 4. The van der Waals surface area contributed by atoms with Crippen LogP contribution in [0.3, 0.4) is 0 Å². The molecule has 0 fully saturated rings. The Kier molecular flexibility index (Phi) is 37.2. The molecule has 4 atom stereocenters. The fourth-order valence-corrected chi connectivity index (χ4v) is 16.1. The van der Waals surface area contributed by atoms with Crippen molar-refractivity contribution in [3.8, 4) is 0 Å². The molecule has 7 N–H and O–H groups in total. The maximum atomic E-state index is 13.5. The number of amides is 7. The van der Waals surface area contributed by atoms with Crippen LogP contribution in [0.15, 0.2) is 376 Å². The van der Waals surface area contributed by atoms with Gasteiger partial charge < -0.3 is 42.1 Å². The van der Waals surface area contributed by atoms with Crippen LogP contribution >= 0.6 is 34.8 Å². The maximum Gasteiger partial charge on any atom is 0.254 e. The summed E-state index contributed by atoms with van der Waals surface area (Å²) in [6.45, 7) is 2.78. The Hall–Kier alpha value is -14.5. The van der Waals surface area contributed by atoms with Gasteiger partial charge in [-0.05, 0) is 266 Å². The van der Waals surface area contributed by atoms with Gasteiger partial charge in [0.1, 0.15) is 35.6 Å². The van der Waals surface area contributed by atoms with E-state index in [0.717, 1.165) is 84.2 Å². The van der Waals surface area contributed by atoms with E-state index in [4.69, 9.17) is 34.8 Å². The van der Waals surface area contributed by atoms with Crippen LogP contribution in [0, 0.1) is 17.5 Å². The van der Waals surface area contributed by atoms with E-state index < -0.39 is 24.0 Å². The Labute approximate surface area is 806 Å². The number of likely N-dealkylation sites (N-methyl/N-ethyl adjacent to an activating group) is 1. The lowest BCUT2D eigenvalue weighted by atomic mass is 10.0. The zero-order valence-corrected chi connectivity index (χ0v) is 77.6. The minimum Gasteiger partial charge on any atom is -0.355 e. The number of aryl methyl sites for hydroxylation is 4. The highest BCUT2D eigenvalue weighted by Gasteiger charge is 2.30. The minimum atomic E-state index is -0.884. The van der Waals surface area contributed by atoms with Gasteiger partial charge in [-0.25, -0.2) is 13.2 Å². The molecule has 0 aliphatic rings. The first-order valence-corrected chi connectivity index (χ1v) is 46.5. The van der Waals surface area contributed by atoms with Crippen LogP contribution in [0.4, 0.5) is 13.2 Å². The quantitative estimate of drug-likeness (QED) is 0.0190. The van der Waals surface area contributed by atoms with Gasteiger partial charge >= 0.3 is 0 Å². The second-order valence-electron chi connectivity index (χ2n) is 33.1. The number of nitrogens with one attached hydrogen (secondary N) is 7. The van der Waals surface area contributed by atoms with Gasteiger partial charge in [0.05, 0.1) is 6.04 Å². The van der Waals surface area contributed by atoms with Gasteiger partial charge in [-0.1, -0.05) is 296 Å². The zero-order valence-electron chi connectivity index (χ0n) is 75.3. The van der Waals surface area contributed by atoms with Crippen molar-refractivity contribution in [2.45, 2.75) is 94.9 Å². The van der Waals surface area contributed by atoms with Crippen LogP contribution in [0.2, 0.25) is 15.1 Å². The summed E-state index contributed by atoms with van der Waals surface area (Å²) in [5.41, 5.74) is 10.6. The van der Waals surface area contributed by atoms with Crippen LogP contribution in [0.25, 0.3) is 43.1 Å². The van der Waals surface area contributed by atoms with E-state index >= 15 is 0 Å². The normalized spacial score (nSPS) is 11.8. The number of hydrogen-bond acceptors (Lipinski definition) is 8. The predicted molar refractivity (Wildman–Crippen MR) is 542 cm³/mol. The summed E-state index contributed by atoms with van der Waals surface area (Å²) < 4.78 is 40.5. The molecule has 0 saturated carbocycles. The molecule has 16 aromatic carbocycles. The van der Waals surface area contributed by atoms with E-state index in [1.165, 1.54) is 74.3 Å². The van der Waals surface area contributed by atoms with E-state index in [9.17, 15) is 46.7 Å². The molecule has 0 spiro atoms. The van der Waals surface area contributed by atoms with Crippen LogP contribution < -0.4 is 37.2 Å². The third-order valence-electron chi connectivity index (χ3n) is 23.2. The predicted octanol–water partition coefficient (Wildman–Crippen LogP) is 23.1. The fourth-order valence-electron chi connectivity index (χ4n) is 15.7. The van der Waals surface area contributed by atoms with Crippen molar-refractivity contribution >= 4 is 119 Å². The van der Waals surface area contributed by atoms with E-state index in [0.29, 0.717) is 105 Å². The molecule has 0 aliphatic carbocycles. The molecule has 0 radical (unpaired) electrons. The average molecular weight is 1880 g/mol. The molecule has 15 nitrogen and oxygen atoms in total. The van der Waals surface area contributed by atoms with E-state index in [-0.39, 0.29) is 58.9 Å². The largest absolute Gasteiger partial charge is 0.355 e. The second-order valence-corrected chi connectivity index (χ2v) is 34.4. The van der Waals surface area contributed by atoms with Gasteiger partial charge in [0.2, 0.25) is 23.6 Å². The first-order chi connectivity index (χ1) is 66.2. The lowest BCUT2D eigenvalue weighted by molar-refractivity contribution is -0.125. The average Bonchev–Trinajstić information content (AvgIpc) is 0.690. The zero-order chi connectivity index (χ0) is 95.3. The van der Waals surface area contributed by atoms with Gasteiger partial charge in [-0.15, -0.1) is 0 Å². The molecule has 690 valence electrons. The van der Waals surface area contributed by atoms with E-state index in [1.807, 2.05) is 152 Å². The molecule has 136 heavy (non-hydrogen) atoms. The molecule has 0 aliphatic heterocycles. The number of carbonyl (C=O) groups is 7. The molecule has 21 heteroatoms. The second kappa shape index (κ2) is 51.1. The summed E-state index contributed by atoms with van der Waals surface area (Å²) in [7, 11) is 1.64. The fraction of sp³-hybridized carbons (Fsp3) is 0.174. The molecule has 0 bridgehead atoms. The van der Waals surface area contributed by atoms with Crippen molar-refractivity contribution in [1.82, 2.24) is 42.1 Å². The Morgan fingerprint density at radius 2 is 0.596 bits per heavy atom. The van der Waals surface area contributed by atoms with Gasteiger partial charge in [-0.3, -0.25) is 33.6 Å². The van der Waals surface area contributed by atoms with Crippen molar-refractivity contribution in [3.63, 3.8) is 0 Å². The van der Waals surface area contributed by atoms with E-state index in [1.54, 1.807) is 116 Å². The number of halogens is 6. The highest BCUT2D eigenvalue weighted by atomic mass is 35.5. The number of rotatable bonds is 35. The van der Waals surface area contributed by atoms with Crippen molar-refractivity contribution in [2.24, 2.45) is 0 Å². The Bertz CT molecular complexity index is 6660. The number of nitrogens with zero attached hydrogens (tertiary/aromatic N) is 1. The molecular weight excluding hydrogens is 1770 g/mol. The molecule has 16 aromatic rings. The topological polar surface area (TPSA) is 207 Å². The summed E-state index contributed by atoms with van der Waals surface area (Å²) in [4.78, 5) is 93.3. The van der Waals surface area contributed by atoms with Crippen molar-refractivity contribution in [3.05, 3.63) is 475 Å². The van der Waals surface area contributed by atoms with E-state index in [2.05, 4.69) is 116 Å². The van der Waals surface area contributed by atoms with Gasteiger partial charge in [0, 0.05) is 78.0 Å². The summed E-state index contributed by atoms with van der Waals surface area (Å²) in [6, 6.07) is 112. The number of hydrogen-bond donors (Lipinski definition) is 7. The third-order valence-corrected chi connectivity index (χ3v) is 24.0. The molecule has 0 aromatic heterocycles. The Balaban J connectivity index is 0.000000153. The van der Waals surface area contributed by atoms with Crippen LogP contribution in [-0.4, -0.2) is 91.6 Å². The Morgan fingerprint density at radius 1 is 0.287 bits per heavy atom. The molecular formula is C115H106Cl3F3N8O7. The van der Waals surface area contributed by atoms with Crippen molar-refractivity contribution in [1.29, 1.82) is 0 Å². The van der Waals surface area contributed by atoms with Crippen molar-refractivity contribution in [2.75, 3.05) is 33.2 Å². The molecule has 0 saturated heterocycles. The lowest BCUT2D eigenvalue weighted by Gasteiger charge is -2.28. The minimum absolute atomic E-state index is 0.0267. The maximum absolute atomic E-state index is 13.5. The summed E-state index contributed by atoms with van der Waals surface area (Å²) >= 11 is 18.1. The van der Waals surface area contributed by atoms with Crippen LogP contribution in [0.1, 0.15) is 119 Å². The first kappa shape index (κ1) is 99.0. The van der Waals surface area contributed by atoms with Crippen molar-refractivity contribution < 1.29 is 46.7 Å². The number of carbonyl (C=O) groups excluding carboxylic acids is 7. The number of benzene rings is 16. The summed E-state index contributed by atoms with van der Waals surface area (Å²) in [5, 5.41) is 29.8. The third kappa shape index (κ3) is 30.5. The molecule has 0 unspecified atom stereocenters. The monoisotopic (exact) mass is 1870 g/mol. The lowest BCUT2D eigenvalue weighted by Crippen LogP contribution is -2.49. The summed E-state index contributed by atoms with van der Waals surface area (Å²) in [5.74, 6) is -2.78. The SMILES string of the molecule is CN(C(=O)c1ccc2cc(F)ccc2c1)[C@@H](Cc1ccc(Cl)cc1)C(=O)NCCCc1ccccc1.O=C(NCCCc1ccccc1)[C@H](Cc1ccc(Cl)cc1)NCc1ccc2ccccc2c1.O=C(N[C@H](C(=O)NCCCc1ccccc1)c1ccc(Cl)cc1)c1ccc2cc(F)ccc2c1.O=C(N[C@H](C(=O)NCCCc1ccccc1)c1ccccc1)c1ccc2cc(F)ccc2c1. The van der Waals surface area contributed by atoms with Crippen LogP contribution in [-0.2, 0) is 64.2 Å².